The van der Waals surface area contributed by atoms with Gasteiger partial charge in [0.1, 0.15) is 0 Å². The first kappa shape index (κ1) is 21.6. The van der Waals surface area contributed by atoms with Crippen molar-refractivity contribution in [1.29, 1.82) is 0 Å². The number of hydrogen-bond acceptors (Lipinski definition) is 4. The van der Waals surface area contributed by atoms with Gasteiger partial charge in [0.2, 0.25) is 0 Å². The molecule has 2 heterocycles. The van der Waals surface area contributed by atoms with Crippen LogP contribution in [-0.4, -0.2) is 35.6 Å². The second kappa shape index (κ2) is 11.2. The van der Waals surface area contributed by atoms with Crippen LogP contribution in [0.15, 0.2) is 47.7 Å². The molecule has 0 unspecified atom stereocenters. The van der Waals surface area contributed by atoms with Crippen LogP contribution in [0.25, 0.3) is 10.9 Å². The normalized spacial score (nSPS) is 11.3. The summed E-state index contributed by atoms with van der Waals surface area (Å²) in [7, 11) is 0. The van der Waals surface area contributed by atoms with Gasteiger partial charge in [-0.15, -0.1) is 35.3 Å². The number of fused-ring (bicyclic) bond motifs is 1. The Hall–Kier alpha value is -1.74. The fourth-order valence-corrected chi connectivity index (χ4v) is 3.58. The number of aliphatic imine (C=N–C) groups is 1. The number of aromatic nitrogens is 2. The predicted octanol–water partition coefficient (Wildman–Crippen LogP) is 3.96. The number of nitrogens with one attached hydrogen (secondary N) is 2. The molecule has 0 aliphatic heterocycles. The lowest BCUT2D eigenvalue weighted by molar-refractivity contribution is 0.797. The maximum absolute atomic E-state index is 4.66. The Morgan fingerprint density at radius 3 is 2.74 bits per heavy atom. The Bertz CT molecular complexity index is 872. The summed E-state index contributed by atoms with van der Waals surface area (Å²) in [5.41, 5.74) is 2.34. The third-order valence-corrected chi connectivity index (χ3v) is 4.98. The maximum Gasteiger partial charge on any atom is 0.191 e. The molecule has 5 nitrogen and oxygen atoms in total. The molecule has 2 N–H and O–H groups in total. The van der Waals surface area contributed by atoms with Crippen LogP contribution in [0.3, 0.4) is 0 Å². The molecule has 0 bridgehead atoms. The van der Waals surface area contributed by atoms with Crippen molar-refractivity contribution in [3.63, 3.8) is 0 Å². The molecule has 0 aliphatic carbocycles. The maximum atomic E-state index is 4.66. The standard InChI is InChI=1S/C20H25N5S.HI/c1-3-21-20(24-13-10-18-25-14-15(2)26-18)23-12-9-17-7-4-6-16-8-5-11-22-19(16)17;/h4-8,11,14H,3,9-10,12-13H2,1-2H3,(H2,21,23,24);1H. The molecule has 3 rings (SSSR count). The van der Waals surface area contributed by atoms with Gasteiger partial charge >= 0.3 is 0 Å². The molecule has 0 aliphatic rings. The van der Waals surface area contributed by atoms with Gasteiger partial charge in [0.05, 0.1) is 10.5 Å². The molecule has 2 aromatic heterocycles. The molecular formula is C20H26IN5S. The van der Waals surface area contributed by atoms with Gasteiger partial charge in [0.25, 0.3) is 0 Å². The van der Waals surface area contributed by atoms with E-state index in [0.717, 1.165) is 49.0 Å². The molecule has 3 aromatic rings. The summed E-state index contributed by atoms with van der Waals surface area (Å²) in [5.74, 6) is 0.856. The van der Waals surface area contributed by atoms with E-state index >= 15 is 0 Å². The lowest BCUT2D eigenvalue weighted by Crippen LogP contribution is -2.38. The summed E-state index contributed by atoms with van der Waals surface area (Å²) in [6.07, 6.45) is 5.56. The minimum atomic E-state index is 0. The first-order chi connectivity index (χ1) is 12.8. The van der Waals surface area contributed by atoms with E-state index in [1.807, 2.05) is 18.5 Å². The molecule has 144 valence electrons. The van der Waals surface area contributed by atoms with Crippen molar-refractivity contribution in [2.75, 3.05) is 19.6 Å². The highest BCUT2D eigenvalue weighted by molar-refractivity contribution is 14.0. The number of guanidine groups is 1. The average Bonchev–Trinajstić information content (AvgIpc) is 3.07. The van der Waals surface area contributed by atoms with Crippen molar-refractivity contribution in [3.8, 4) is 0 Å². The average molecular weight is 495 g/mol. The summed E-state index contributed by atoms with van der Waals surface area (Å²) in [6.45, 7) is 6.56. The summed E-state index contributed by atoms with van der Waals surface area (Å²) in [4.78, 5) is 14.8. The smallest absolute Gasteiger partial charge is 0.191 e. The lowest BCUT2D eigenvalue weighted by atomic mass is 10.1. The summed E-state index contributed by atoms with van der Waals surface area (Å²) < 4.78 is 0. The number of pyridine rings is 1. The molecule has 0 spiro atoms. The largest absolute Gasteiger partial charge is 0.357 e. The zero-order valence-electron chi connectivity index (χ0n) is 15.7. The molecule has 0 atom stereocenters. The summed E-state index contributed by atoms with van der Waals surface area (Å²) in [5, 5.41) is 9.05. The highest BCUT2D eigenvalue weighted by Crippen LogP contribution is 2.16. The van der Waals surface area contributed by atoms with Gasteiger partial charge in [-0.3, -0.25) is 9.98 Å². The van der Waals surface area contributed by atoms with Crippen molar-refractivity contribution in [2.45, 2.75) is 26.7 Å². The number of rotatable bonds is 7. The van der Waals surface area contributed by atoms with Crippen molar-refractivity contribution < 1.29 is 0 Å². The van der Waals surface area contributed by atoms with Crippen LogP contribution in [0.5, 0.6) is 0 Å². The number of aryl methyl sites for hydroxylation is 1. The van der Waals surface area contributed by atoms with Gasteiger partial charge in [-0.05, 0) is 31.9 Å². The molecular weight excluding hydrogens is 469 g/mol. The number of hydrogen-bond donors (Lipinski definition) is 2. The zero-order valence-corrected chi connectivity index (χ0v) is 18.9. The fourth-order valence-electron chi connectivity index (χ4n) is 2.81. The molecule has 0 fully saturated rings. The van der Waals surface area contributed by atoms with Gasteiger partial charge in [-0.25, -0.2) is 4.98 Å². The second-order valence-corrected chi connectivity index (χ2v) is 7.36. The van der Waals surface area contributed by atoms with Crippen LogP contribution in [0.4, 0.5) is 0 Å². The molecule has 0 saturated carbocycles. The highest BCUT2D eigenvalue weighted by Gasteiger charge is 2.03. The van der Waals surface area contributed by atoms with Crippen LogP contribution in [0.2, 0.25) is 0 Å². The van der Waals surface area contributed by atoms with E-state index in [-0.39, 0.29) is 24.0 Å². The number of para-hydroxylation sites is 1. The Balaban J connectivity index is 0.00000261. The molecule has 1 aromatic carbocycles. The zero-order chi connectivity index (χ0) is 18.2. The van der Waals surface area contributed by atoms with Gasteiger partial charge in [-0.1, -0.05) is 24.3 Å². The summed E-state index contributed by atoms with van der Waals surface area (Å²) in [6, 6.07) is 10.4. The number of nitrogens with zero attached hydrogens (tertiary/aromatic N) is 3. The number of thiazole rings is 1. The van der Waals surface area contributed by atoms with Crippen LogP contribution >= 0.6 is 35.3 Å². The third-order valence-electron chi connectivity index (χ3n) is 4.01. The monoisotopic (exact) mass is 495 g/mol. The van der Waals surface area contributed by atoms with Crippen molar-refractivity contribution in [1.82, 2.24) is 20.6 Å². The molecule has 0 radical (unpaired) electrons. The van der Waals surface area contributed by atoms with E-state index in [4.69, 9.17) is 0 Å². The topological polar surface area (TPSA) is 62.2 Å². The van der Waals surface area contributed by atoms with Gasteiger partial charge in [0.15, 0.2) is 5.96 Å². The van der Waals surface area contributed by atoms with Crippen LogP contribution < -0.4 is 10.6 Å². The molecule has 0 saturated heterocycles. The van der Waals surface area contributed by atoms with Crippen molar-refractivity contribution in [3.05, 3.63) is 58.2 Å². The van der Waals surface area contributed by atoms with Gasteiger partial charge in [0, 0.05) is 48.7 Å². The quantitative estimate of drug-likeness (QED) is 0.296. The fraction of sp³-hybridized carbons (Fsp3) is 0.350. The van der Waals surface area contributed by atoms with Crippen molar-refractivity contribution in [2.24, 2.45) is 4.99 Å². The van der Waals surface area contributed by atoms with E-state index in [1.165, 1.54) is 15.8 Å². The van der Waals surface area contributed by atoms with Crippen molar-refractivity contribution >= 4 is 52.2 Å². The molecule has 7 heteroatoms. The third kappa shape index (κ3) is 6.42. The minimum Gasteiger partial charge on any atom is -0.357 e. The molecule has 27 heavy (non-hydrogen) atoms. The Morgan fingerprint density at radius 2 is 1.96 bits per heavy atom. The van der Waals surface area contributed by atoms with Gasteiger partial charge < -0.3 is 10.6 Å². The van der Waals surface area contributed by atoms with E-state index in [0.29, 0.717) is 0 Å². The minimum absolute atomic E-state index is 0. The first-order valence-electron chi connectivity index (χ1n) is 9.02. The van der Waals surface area contributed by atoms with E-state index in [9.17, 15) is 0 Å². The highest BCUT2D eigenvalue weighted by atomic mass is 127. The first-order valence-corrected chi connectivity index (χ1v) is 9.84. The van der Waals surface area contributed by atoms with Crippen LogP contribution in [0.1, 0.15) is 22.4 Å². The molecule has 0 amide bonds. The predicted molar refractivity (Wildman–Crippen MR) is 125 cm³/mol. The van der Waals surface area contributed by atoms with Crippen LogP contribution in [-0.2, 0) is 12.8 Å². The van der Waals surface area contributed by atoms with Crippen LogP contribution in [0, 0.1) is 6.92 Å². The van der Waals surface area contributed by atoms with Gasteiger partial charge in [-0.2, -0.15) is 0 Å². The lowest BCUT2D eigenvalue weighted by Gasteiger charge is -2.12. The Kier molecular flexibility index (Phi) is 8.93. The van der Waals surface area contributed by atoms with E-state index in [2.05, 4.69) is 63.7 Å². The number of halogens is 1. The number of benzene rings is 1. The van der Waals surface area contributed by atoms with E-state index < -0.39 is 0 Å². The Morgan fingerprint density at radius 1 is 1.11 bits per heavy atom. The second-order valence-electron chi connectivity index (χ2n) is 6.04. The SMILES string of the molecule is CCNC(=NCCc1ncc(C)s1)NCCc1cccc2cccnc12.I. The Labute approximate surface area is 181 Å². The van der Waals surface area contributed by atoms with E-state index in [1.54, 1.807) is 11.3 Å². The summed E-state index contributed by atoms with van der Waals surface area (Å²) >= 11 is 1.74.